The van der Waals surface area contributed by atoms with Crippen LogP contribution in [0.1, 0.15) is 5.01 Å². The van der Waals surface area contributed by atoms with Crippen molar-refractivity contribution in [2.45, 2.75) is 13.2 Å². The molecule has 0 spiro atoms. The number of quaternary nitrogens is 1. The molecule has 3 aromatic rings. The van der Waals surface area contributed by atoms with Crippen molar-refractivity contribution < 1.29 is 4.90 Å². The molecule has 2 heterocycles. The monoisotopic (exact) mass is 364 g/mol. The van der Waals surface area contributed by atoms with Crippen LogP contribution in [0.3, 0.4) is 0 Å². The van der Waals surface area contributed by atoms with E-state index in [4.69, 9.17) is 12.2 Å². The van der Waals surface area contributed by atoms with Crippen molar-refractivity contribution in [2.75, 3.05) is 18.9 Å². The lowest BCUT2D eigenvalue weighted by Gasteiger charge is -2.11. The Hall–Kier alpha value is -1.61. The molecule has 1 aromatic carbocycles. The van der Waals surface area contributed by atoms with Crippen LogP contribution in [0.25, 0.3) is 10.2 Å². The third-order valence-corrected chi connectivity index (χ3v) is 5.52. The zero-order chi connectivity index (χ0) is 16.2. The van der Waals surface area contributed by atoms with Gasteiger partial charge in [-0.05, 0) is 24.4 Å². The number of hydrogen-bond donors (Lipinski definition) is 2. The van der Waals surface area contributed by atoms with Crippen molar-refractivity contribution in [1.29, 1.82) is 0 Å². The number of fused-ring (bicyclic) bond motifs is 1. The van der Waals surface area contributed by atoms with Crippen molar-refractivity contribution in [3.63, 3.8) is 0 Å². The highest BCUT2D eigenvalue weighted by molar-refractivity contribution is 7.73. The van der Waals surface area contributed by atoms with E-state index in [1.807, 2.05) is 16.8 Å². The van der Waals surface area contributed by atoms with Crippen LogP contribution >= 0.6 is 34.9 Å². The Kier molecular flexibility index (Phi) is 5.16. The fourth-order valence-electron chi connectivity index (χ4n) is 2.20. The number of anilines is 1. The SMILES string of the molecule is C=CCNc1nn(C[NH+](C)Cc2nc3ccccc3s2)c(=S)s1. The molecule has 0 amide bonds. The van der Waals surface area contributed by atoms with Crippen molar-refractivity contribution in [3.05, 3.63) is 45.9 Å². The summed E-state index contributed by atoms with van der Waals surface area (Å²) in [6, 6.07) is 8.24. The molecule has 5 nitrogen and oxygen atoms in total. The second kappa shape index (κ2) is 7.31. The van der Waals surface area contributed by atoms with Gasteiger partial charge in [-0.15, -0.1) is 23.0 Å². The van der Waals surface area contributed by atoms with E-state index in [0.717, 1.165) is 32.8 Å². The summed E-state index contributed by atoms with van der Waals surface area (Å²) in [5.41, 5.74) is 1.07. The highest BCUT2D eigenvalue weighted by atomic mass is 32.1. The Labute approximate surface area is 147 Å². The first-order valence-corrected chi connectivity index (χ1v) is 9.28. The minimum atomic E-state index is 0.691. The van der Waals surface area contributed by atoms with Crippen LogP contribution in [0.2, 0.25) is 0 Å². The standard InChI is InChI=1S/C15H17N5S3/c1-3-8-16-14-18-20(15(21)23-14)10-19(2)9-13-17-11-6-4-5-7-12(11)22-13/h3-7H,1,8-10H2,2H3,(H,16,18)/p+1. The van der Waals surface area contributed by atoms with Gasteiger partial charge in [0.15, 0.2) is 10.6 Å². The molecule has 0 aliphatic carbocycles. The Bertz CT molecular complexity index is 830. The van der Waals surface area contributed by atoms with Crippen molar-refractivity contribution >= 4 is 50.2 Å². The third kappa shape index (κ3) is 4.03. The number of nitrogens with zero attached hydrogens (tertiary/aromatic N) is 3. The molecule has 1 unspecified atom stereocenters. The van der Waals surface area contributed by atoms with E-state index in [0.29, 0.717) is 6.54 Å². The molecule has 2 aromatic heterocycles. The smallest absolute Gasteiger partial charge is 0.205 e. The van der Waals surface area contributed by atoms with Crippen molar-refractivity contribution in [1.82, 2.24) is 14.8 Å². The highest BCUT2D eigenvalue weighted by Gasteiger charge is 2.12. The Morgan fingerprint density at radius 2 is 2.22 bits per heavy atom. The van der Waals surface area contributed by atoms with Crippen molar-refractivity contribution in [2.24, 2.45) is 0 Å². The van der Waals surface area contributed by atoms with Crippen LogP contribution in [0.5, 0.6) is 0 Å². The van der Waals surface area contributed by atoms with E-state index in [9.17, 15) is 0 Å². The minimum Gasteiger partial charge on any atom is -0.357 e. The fraction of sp³-hybridized carbons (Fsp3) is 0.267. The number of nitrogens with one attached hydrogen (secondary N) is 2. The summed E-state index contributed by atoms with van der Waals surface area (Å²) >= 11 is 8.62. The maximum Gasteiger partial charge on any atom is 0.205 e. The van der Waals surface area contributed by atoms with E-state index in [1.54, 1.807) is 17.4 Å². The predicted molar refractivity (Wildman–Crippen MR) is 99.8 cm³/mol. The molecule has 23 heavy (non-hydrogen) atoms. The van der Waals surface area contributed by atoms with Crippen molar-refractivity contribution in [3.8, 4) is 0 Å². The first kappa shape index (κ1) is 16.3. The van der Waals surface area contributed by atoms with Gasteiger partial charge >= 0.3 is 0 Å². The number of hydrogen-bond acceptors (Lipinski definition) is 6. The molecule has 1 atom stereocenters. The lowest BCUT2D eigenvalue weighted by Crippen LogP contribution is -3.07. The van der Waals surface area contributed by atoms with E-state index < -0.39 is 0 Å². The van der Waals surface area contributed by atoms with Gasteiger partial charge in [-0.3, -0.25) is 0 Å². The van der Waals surface area contributed by atoms with Gasteiger partial charge in [0.25, 0.3) is 0 Å². The summed E-state index contributed by atoms with van der Waals surface area (Å²) < 4.78 is 3.88. The number of para-hydroxylation sites is 1. The average Bonchev–Trinajstić information content (AvgIpc) is 3.08. The summed E-state index contributed by atoms with van der Waals surface area (Å²) in [6.07, 6.45) is 1.80. The summed E-state index contributed by atoms with van der Waals surface area (Å²) in [5, 5.41) is 9.65. The molecule has 3 rings (SSSR count). The van der Waals surface area contributed by atoms with Gasteiger partial charge in [0.1, 0.15) is 11.6 Å². The number of aromatic nitrogens is 3. The largest absolute Gasteiger partial charge is 0.357 e. The molecule has 0 saturated carbocycles. The van der Waals surface area contributed by atoms with Gasteiger partial charge in [0.2, 0.25) is 5.13 Å². The molecule has 2 N–H and O–H groups in total. The van der Waals surface area contributed by atoms with Gasteiger partial charge in [-0.1, -0.05) is 29.5 Å². The lowest BCUT2D eigenvalue weighted by molar-refractivity contribution is -0.917. The van der Waals surface area contributed by atoms with E-state index >= 15 is 0 Å². The zero-order valence-electron chi connectivity index (χ0n) is 12.8. The minimum absolute atomic E-state index is 0.691. The molecular weight excluding hydrogens is 346 g/mol. The molecule has 0 saturated heterocycles. The molecule has 0 aliphatic heterocycles. The molecule has 120 valence electrons. The molecule has 0 bridgehead atoms. The van der Waals surface area contributed by atoms with Crippen LogP contribution in [0.15, 0.2) is 36.9 Å². The normalized spacial score (nSPS) is 12.4. The second-order valence-electron chi connectivity index (χ2n) is 5.21. The number of benzene rings is 1. The van der Waals surface area contributed by atoms with Gasteiger partial charge in [-0.2, -0.15) is 4.68 Å². The first-order chi connectivity index (χ1) is 11.2. The third-order valence-electron chi connectivity index (χ3n) is 3.21. The Morgan fingerprint density at radius 3 is 3.00 bits per heavy atom. The van der Waals surface area contributed by atoms with Crippen LogP contribution in [0.4, 0.5) is 5.13 Å². The summed E-state index contributed by atoms with van der Waals surface area (Å²) in [5.74, 6) is 0. The Balaban J connectivity index is 1.66. The van der Waals surface area contributed by atoms with Crippen LogP contribution in [-0.2, 0) is 13.2 Å². The van der Waals surface area contributed by atoms with Gasteiger partial charge in [-0.25, -0.2) is 4.98 Å². The first-order valence-electron chi connectivity index (χ1n) is 7.24. The van der Waals surface area contributed by atoms with E-state index in [1.165, 1.54) is 20.9 Å². The second-order valence-corrected chi connectivity index (χ2v) is 7.95. The Morgan fingerprint density at radius 1 is 1.39 bits per heavy atom. The quantitative estimate of drug-likeness (QED) is 0.500. The summed E-state index contributed by atoms with van der Waals surface area (Å²) in [4.78, 5) is 5.98. The van der Waals surface area contributed by atoms with Gasteiger partial charge in [0.05, 0.1) is 17.3 Å². The summed E-state index contributed by atoms with van der Waals surface area (Å²) in [6.45, 7) is 5.96. The molecule has 8 heteroatoms. The predicted octanol–water partition coefficient (Wildman–Crippen LogP) is 2.55. The highest BCUT2D eigenvalue weighted by Crippen LogP contribution is 2.20. The van der Waals surface area contributed by atoms with E-state index in [-0.39, 0.29) is 0 Å². The van der Waals surface area contributed by atoms with Crippen LogP contribution in [0, 0.1) is 3.95 Å². The van der Waals surface area contributed by atoms with Crippen LogP contribution in [-0.4, -0.2) is 28.4 Å². The van der Waals surface area contributed by atoms with Crippen LogP contribution < -0.4 is 10.2 Å². The number of rotatable bonds is 7. The molecule has 0 fully saturated rings. The van der Waals surface area contributed by atoms with E-state index in [2.05, 4.69) is 41.2 Å². The topological polar surface area (TPSA) is 47.2 Å². The summed E-state index contributed by atoms with van der Waals surface area (Å²) in [7, 11) is 2.13. The van der Waals surface area contributed by atoms with Gasteiger partial charge < -0.3 is 10.2 Å². The molecular formula is C15H18N5S3+. The zero-order valence-corrected chi connectivity index (χ0v) is 15.2. The van der Waals surface area contributed by atoms with Gasteiger partial charge in [0, 0.05) is 6.54 Å². The fourth-order valence-corrected chi connectivity index (χ4v) is 4.30. The maximum atomic E-state index is 5.39. The molecule has 0 aliphatic rings. The average molecular weight is 365 g/mol. The molecule has 0 radical (unpaired) electrons. The number of thiazole rings is 1. The lowest BCUT2D eigenvalue weighted by atomic mass is 10.3. The maximum absolute atomic E-state index is 5.39.